The number of Topliss-reactive ketones (excluding diaryl/α,β-unsaturated/α-hetero) is 2. The molecule has 0 fully saturated rings. The Bertz CT molecular complexity index is 2470. The number of para-hydroxylation sites is 2. The first-order valence-corrected chi connectivity index (χ1v) is 23.3. The molecule has 2 aromatic carbocycles. The average molecular weight is 839 g/mol. The maximum atomic E-state index is 13.7. The monoisotopic (exact) mass is 838 g/mol. The number of aliphatic hydroxyl groups excluding tert-OH is 2. The number of anilines is 2. The van der Waals surface area contributed by atoms with Crippen molar-refractivity contribution in [1.82, 2.24) is 0 Å². The van der Waals surface area contributed by atoms with E-state index in [1.807, 2.05) is 36.4 Å². The molecule has 0 spiro atoms. The van der Waals surface area contributed by atoms with E-state index >= 15 is 0 Å². The van der Waals surface area contributed by atoms with Gasteiger partial charge in [-0.3, -0.25) is 9.59 Å². The lowest BCUT2D eigenvalue weighted by atomic mass is 9.77. The highest BCUT2D eigenvalue weighted by Crippen LogP contribution is 2.53. The second kappa shape index (κ2) is 14.9. The standard InChI is InChI=1S/C50H50N2O4S3/c1-7-9-25-51-33-17-13-11-15-31(33)49(3,4)41(51)27-29-45(53)43(46(29)54)39-23-21-37(58-39)35-19-20-36(57-35)38-22-24-40(59-38)44-47(55)30(48(44)56)28-42-50(5,6)32-16-12-14-18-34(32)52(42)26-10-8-2/h11-24,27-30,53,55H,7-10,25-26H2,1-6H3/b41-27-,42-28+. The van der Waals surface area contributed by atoms with E-state index in [-0.39, 0.29) is 33.9 Å². The fraction of sp³-hybridized carbons (Fsp3) is 0.320. The fourth-order valence-electron chi connectivity index (χ4n) is 9.30. The molecule has 2 atom stereocenters. The third-order valence-electron chi connectivity index (χ3n) is 12.7. The van der Waals surface area contributed by atoms with Gasteiger partial charge >= 0.3 is 0 Å². The average Bonchev–Trinajstić information content (AvgIpc) is 4.06. The number of aliphatic hydroxyl groups is 2. The van der Waals surface area contributed by atoms with Crippen LogP contribution in [0.5, 0.6) is 0 Å². The highest BCUT2D eigenvalue weighted by Gasteiger charge is 2.46. The van der Waals surface area contributed by atoms with E-state index in [0.717, 1.165) is 79.4 Å². The van der Waals surface area contributed by atoms with Crippen LogP contribution in [0, 0.1) is 11.8 Å². The maximum Gasteiger partial charge on any atom is 0.182 e. The summed E-state index contributed by atoms with van der Waals surface area (Å²) in [7, 11) is 0. The molecule has 5 aromatic rings. The summed E-state index contributed by atoms with van der Waals surface area (Å²) in [6.45, 7) is 14.9. The Morgan fingerprint density at radius 1 is 0.542 bits per heavy atom. The number of ketones is 2. The van der Waals surface area contributed by atoms with Crippen LogP contribution < -0.4 is 9.80 Å². The molecule has 9 heteroatoms. The Hall–Kier alpha value is -4.96. The molecule has 4 aliphatic rings. The highest BCUT2D eigenvalue weighted by atomic mass is 32.1. The molecular weight excluding hydrogens is 789 g/mol. The molecule has 0 saturated carbocycles. The topological polar surface area (TPSA) is 81.1 Å². The van der Waals surface area contributed by atoms with Gasteiger partial charge in [0.25, 0.3) is 0 Å². The molecule has 302 valence electrons. The summed E-state index contributed by atoms with van der Waals surface area (Å²) in [5.41, 5.74) is 7.27. The zero-order valence-corrected chi connectivity index (χ0v) is 36.9. The van der Waals surface area contributed by atoms with E-state index in [1.165, 1.54) is 45.2 Å². The lowest BCUT2D eigenvalue weighted by Gasteiger charge is -2.31. The molecule has 2 unspecified atom stereocenters. The zero-order chi connectivity index (χ0) is 41.4. The summed E-state index contributed by atoms with van der Waals surface area (Å²) in [5.74, 6) is -1.11. The number of nitrogens with zero attached hydrogens (tertiary/aromatic N) is 2. The van der Waals surface area contributed by atoms with Crippen molar-refractivity contribution in [2.24, 2.45) is 11.8 Å². The van der Waals surface area contributed by atoms with Gasteiger partial charge < -0.3 is 20.0 Å². The van der Waals surface area contributed by atoms with Gasteiger partial charge in [-0.2, -0.15) is 0 Å². The third-order valence-corrected chi connectivity index (χ3v) is 16.4. The van der Waals surface area contributed by atoms with Gasteiger partial charge in [0, 0.05) is 76.0 Å². The van der Waals surface area contributed by atoms with Gasteiger partial charge in [0.2, 0.25) is 0 Å². The SMILES string of the molecule is CCCCN1/C(=C\C2C(=O)C(c3ccc(-c4ccc(-c5ccc(C6=C(O)C(/C=C7/N(CCCC)c8ccccc8C7(C)C)C6=O)s5)s4)s3)=C2O)C(C)(C)c2ccccc21. The van der Waals surface area contributed by atoms with Crippen molar-refractivity contribution in [2.45, 2.75) is 78.1 Å². The van der Waals surface area contributed by atoms with Crippen LogP contribution in [-0.4, -0.2) is 34.9 Å². The van der Waals surface area contributed by atoms with Crippen LogP contribution in [0.4, 0.5) is 11.4 Å². The molecule has 3 aromatic heterocycles. The maximum absolute atomic E-state index is 13.7. The number of fused-ring (bicyclic) bond motifs is 2. The Morgan fingerprint density at radius 3 is 1.24 bits per heavy atom. The van der Waals surface area contributed by atoms with Crippen molar-refractivity contribution in [3.05, 3.63) is 141 Å². The predicted molar refractivity (Wildman–Crippen MR) is 247 cm³/mol. The summed E-state index contributed by atoms with van der Waals surface area (Å²) >= 11 is 4.69. The van der Waals surface area contributed by atoms with Crippen LogP contribution in [-0.2, 0) is 20.4 Å². The van der Waals surface area contributed by atoms with Crippen molar-refractivity contribution in [3.63, 3.8) is 0 Å². The highest BCUT2D eigenvalue weighted by molar-refractivity contribution is 7.27. The van der Waals surface area contributed by atoms with E-state index in [4.69, 9.17) is 0 Å². The van der Waals surface area contributed by atoms with E-state index in [2.05, 4.69) is 112 Å². The smallest absolute Gasteiger partial charge is 0.182 e. The summed E-state index contributed by atoms with van der Waals surface area (Å²) < 4.78 is 0. The molecule has 59 heavy (non-hydrogen) atoms. The minimum absolute atomic E-state index is 0.0454. The van der Waals surface area contributed by atoms with Gasteiger partial charge in [0.05, 0.1) is 11.1 Å². The Labute approximate surface area is 359 Å². The van der Waals surface area contributed by atoms with E-state index in [9.17, 15) is 19.8 Å². The number of carbonyl (C=O) groups excluding carboxylic acids is 2. The number of rotatable bonds is 12. The van der Waals surface area contributed by atoms with Crippen molar-refractivity contribution >= 4 is 68.1 Å². The van der Waals surface area contributed by atoms with Gasteiger partial charge in [-0.05, 0) is 84.7 Å². The molecule has 6 nitrogen and oxygen atoms in total. The number of carbonyl (C=O) groups is 2. The second-order valence-corrected chi connectivity index (χ2v) is 20.3. The molecule has 2 N–H and O–H groups in total. The van der Waals surface area contributed by atoms with Crippen LogP contribution in [0.1, 0.15) is 88.1 Å². The van der Waals surface area contributed by atoms with Crippen molar-refractivity contribution in [1.29, 1.82) is 0 Å². The van der Waals surface area contributed by atoms with E-state index in [1.54, 1.807) is 11.3 Å². The minimum Gasteiger partial charge on any atom is -0.510 e. The fourth-order valence-corrected chi connectivity index (χ4v) is 12.6. The number of unbranched alkanes of at least 4 members (excludes halogenated alkanes) is 2. The Morgan fingerprint density at radius 2 is 0.881 bits per heavy atom. The van der Waals surface area contributed by atoms with Crippen LogP contribution in [0.3, 0.4) is 0 Å². The largest absolute Gasteiger partial charge is 0.510 e. The van der Waals surface area contributed by atoms with Crippen LogP contribution in [0.25, 0.3) is 30.7 Å². The number of benzene rings is 2. The molecule has 5 heterocycles. The number of hydrogen-bond acceptors (Lipinski definition) is 9. The van der Waals surface area contributed by atoms with Crippen molar-refractivity contribution < 1.29 is 19.8 Å². The third kappa shape index (κ3) is 6.30. The van der Waals surface area contributed by atoms with Crippen molar-refractivity contribution in [3.8, 4) is 19.5 Å². The molecule has 0 saturated heterocycles. The summed E-state index contributed by atoms with van der Waals surface area (Å²) in [5, 5.41) is 22.8. The summed E-state index contributed by atoms with van der Waals surface area (Å²) in [4.78, 5) is 37.9. The first-order chi connectivity index (χ1) is 28.4. The zero-order valence-electron chi connectivity index (χ0n) is 34.5. The predicted octanol–water partition coefficient (Wildman–Crippen LogP) is 13.1. The first-order valence-electron chi connectivity index (χ1n) is 20.8. The first kappa shape index (κ1) is 39.5. The number of thiophene rings is 3. The van der Waals surface area contributed by atoms with E-state index < -0.39 is 11.8 Å². The number of hydrogen-bond donors (Lipinski definition) is 2. The quantitative estimate of drug-likeness (QED) is 0.130. The molecule has 2 aliphatic heterocycles. The van der Waals surface area contributed by atoms with Gasteiger partial charge in [-0.25, -0.2) is 0 Å². The van der Waals surface area contributed by atoms with E-state index in [0.29, 0.717) is 11.1 Å². The van der Waals surface area contributed by atoms with Gasteiger partial charge in [0.1, 0.15) is 23.4 Å². The molecule has 0 bridgehead atoms. The van der Waals surface area contributed by atoms with Gasteiger partial charge in [-0.15, -0.1) is 34.0 Å². The normalized spacial score (nSPS) is 21.8. The summed E-state index contributed by atoms with van der Waals surface area (Å²) in [6, 6.07) is 29.0. The van der Waals surface area contributed by atoms with Gasteiger partial charge in [-0.1, -0.05) is 90.8 Å². The molecule has 9 rings (SSSR count). The van der Waals surface area contributed by atoms with Crippen molar-refractivity contribution in [2.75, 3.05) is 22.9 Å². The lowest BCUT2D eigenvalue weighted by Crippen LogP contribution is -2.33. The molecular formula is C50H50N2O4S3. The number of allylic oxidation sites excluding steroid dienone is 6. The van der Waals surface area contributed by atoms with Crippen LogP contribution in [0.15, 0.2) is 120 Å². The minimum atomic E-state index is -0.652. The van der Waals surface area contributed by atoms with Gasteiger partial charge in [0.15, 0.2) is 11.6 Å². The second-order valence-electron chi connectivity index (χ2n) is 17.1. The van der Waals surface area contributed by atoms with Crippen LogP contribution in [0.2, 0.25) is 0 Å². The summed E-state index contributed by atoms with van der Waals surface area (Å²) in [6.07, 6.45) is 8.21. The Balaban J connectivity index is 0.924. The molecule has 0 amide bonds. The molecule has 2 aliphatic carbocycles. The Kier molecular flexibility index (Phi) is 10.0. The molecule has 0 radical (unpaired) electrons. The lowest BCUT2D eigenvalue weighted by molar-refractivity contribution is -0.118. The van der Waals surface area contributed by atoms with Crippen LogP contribution >= 0.6 is 34.0 Å².